The Morgan fingerprint density at radius 1 is 1.17 bits per heavy atom. The highest BCUT2D eigenvalue weighted by Gasteiger charge is 2.61. The number of carbonyl (C=O) groups is 1. The number of aliphatic imine (C=N–C) groups is 1. The molecule has 0 aromatic heterocycles. The fraction of sp³-hybridized carbons (Fsp3) is 0.375. The van der Waals surface area contributed by atoms with Crippen molar-refractivity contribution in [1.82, 2.24) is 10.2 Å². The van der Waals surface area contributed by atoms with Crippen molar-refractivity contribution < 1.29 is 18.0 Å². The van der Waals surface area contributed by atoms with Crippen LogP contribution in [0.5, 0.6) is 0 Å². The van der Waals surface area contributed by atoms with E-state index in [1.807, 2.05) is 0 Å². The van der Waals surface area contributed by atoms with Crippen molar-refractivity contribution in [3.63, 3.8) is 0 Å². The van der Waals surface area contributed by atoms with Crippen LogP contribution < -0.4 is 5.32 Å². The molecular weight excluding hydrogens is 339 g/mol. The van der Waals surface area contributed by atoms with Crippen LogP contribution in [0.1, 0.15) is 31.2 Å². The van der Waals surface area contributed by atoms with Crippen molar-refractivity contribution in [3.8, 4) is 0 Å². The molecule has 1 aromatic rings. The Balaban J connectivity index is 1.85. The van der Waals surface area contributed by atoms with Gasteiger partial charge in [0.05, 0.1) is 0 Å². The van der Waals surface area contributed by atoms with Gasteiger partial charge in [0, 0.05) is 16.2 Å². The van der Waals surface area contributed by atoms with Crippen LogP contribution in [0.25, 0.3) is 0 Å². The number of hydrogen-bond acceptors (Lipinski definition) is 3. The lowest BCUT2D eigenvalue weighted by Crippen LogP contribution is -2.62. The van der Waals surface area contributed by atoms with Gasteiger partial charge in [0.1, 0.15) is 0 Å². The van der Waals surface area contributed by atoms with E-state index in [1.54, 1.807) is 6.07 Å². The maximum Gasteiger partial charge on any atom is 0.436 e. The van der Waals surface area contributed by atoms with E-state index in [2.05, 4.69) is 10.3 Å². The van der Waals surface area contributed by atoms with Crippen LogP contribution in [-0.4, -0.2) is 22.3 Å². The second-order valence-corrected chi connectivity index (χ2v) is 6.98. The lowest BCUT2D eigenvalue weighted by atomic mass is 9.98. The molecule has 0 saturated carbocycles. The molecule has 1 aliphatic carbocycles. The minimum atomic E-state index is -4.74. The van der Waals surface area contributed by atoms with Gasteiger partial charge in [-0.25, -0.2) is 14.7 Å². The molecule has 1 atom stereocenters. The number of allylic oxidation sites excluding steroid dienone is 2. The molecule has 0 radical (unpaired) electrons. The van der Waals surface area contributed by atoms with Crippen LogP contribution in [0.15, 0.2) is 45.9 Å². The van der Waals surface area contributed by atoms with Crippen molar-refractivity contribution in [3.05, 3.63) is 46.5 Å². The number of rotatable bonds is 1. The number of amides is 2. The zero-order valence-electron chi connectivity index (χ0n) is 12.6. The molecule has 1 N–H and O–H groups in total. The number of amidine groups is 1. The summed E-state index contributed by atoms with van der Waals surface area (Å²) in [5.74, 6) is 0. The van der Waals surface area contributed by atoms with Crippen LogP contribution >= 0.6 is 11.8 Å². The predicted octanol–water partition coefficient (Wildman–Crippen LogP) is 4.32. The minimum absolute atomic E-state index is 0.0940. The van der Waals surface area contributed by atoms with Gasteiger partial charge >= 0.3 is 12.2 Å². The van der Waals surface area contributed by atoms with Crippen molar-refractivity contribution in [1.29, 1.82) is 0 Å². The molecule has 1 unspecified atom stereocenters. The average Bonchev–Trinajstić information content (AvgIpc) is 2.93. The Hall–Kier alpha value is -1.96. The average molecular weight is 353 g/mol. The van der Waals surface area contributed by atoms with E-state index in [9.17, 15) is 18.0 Å². The highest BCUT2D eigenvalue weighted by molar-refractivity contribution is 8.17. The fourth-order valence-electron chi connectivity index (χ4n) is 3.26. The maximum absolute atomic E-state index is 13.9. The smallest absolute Gasteiger partial charge is 0.301 e. The van der Waals surface area contributed by atoms with Crippen LogP contribution in [0.4, 0.5) is 18.0 Å². The Labute approximate surface area is 140 Å². The third-order valence-electron chi connectivity index (χ3n) is 4.42. The molecule has 0 bridgehead atoms. The second-order valence-electron chi connectivity index (χ2n) is 5.91. The topological polar surface area (TPSA) is 44.7 Å². The molecule has 2 aliphatic heterocycles. The molecule has 2 amide bonds. The number of carbonyl (C=O) groups excluding carboxylic acids is 1. The van der Waals surface area contributed by atoms with Gasteiger partial charge in [0.2, 0.25) is 0 Å². The third kappa shape index (κ3) is 2.16. The fourth-order valence-corrected chi connectivity index (χ4v) is 4.50. The first-order valence-electron chi connectivity index (χ1n) is 7.67. The normalized spacial score (nSPS) is 26.7. The number of nitrogens with one attached hydrogen (secondary N) is 1. The molecule has 126 valence electrons. The Morgan fingerprint density at radius 3 is 2.58 bits per heavy atom. The van der Waals surface area contributed by atoms with E-state index in [0.29, 0.717) is 6.42 Å². The molecule has 4 nitrogen and oxygen atoms in total. The van der Waals surface area contributed by atoms with E-state index in [4.69, 9.17) is 0 Å². The van der Waals surface area contributed by atoms with Crippen LogP contribution in [0, 0.1) is 0 Å². The van der Waals surface area contributed by atoms with Crippen molar-refractivity contribution in [2.24, 2.45) is 4.99 Å². The molecular formula is C16H14F3N3OS. The first-order valence-corrected chi connectivity index (χ1v) is 8.48. The molecule has 0 spiro atoms. The highest BCUT2D eigenvalue weighted by Crippen LogP contribution is 2.49. The number of urea groups is 1. The van der Waals surface area contributed by atoms with Crippen molar-refractivity contribution in [2.75, 3.05) is 0 Å². The van der Waals surface area contributed by atoms with Gasteiger partial charge in [-0.2, -0.15) is 13.2 Å². The Bertz CT molecular complexity index is 760. The number of halogens is 3. The van der Waals surface area contributed by atoms with Gasteiger partial charge in [-0.3, -0.25) is 0 Å². The SMILES string of the molecule is O=C1NC(c2ccccc2)(C(F)(F)F)N=C2SC3=C(CCCC3)N12. The lowest BCUT2D eigenvalue weighted by Gasteiger charge is -2.39. The number of thioether (sulfide) groups is 1. The third-order valence-corrected chi connectivity index (χ3v) is 5.56. The number of fused-ring (bicyclic) bond motifs is 2. The zero-order chi connectivity index (χ0) is 16.9. The molecule has 3 aliphatic rings. The van der Waals surface area contributed by atoms with Gasteiger partial charge < -0.3 is 5.32 Å². The van der Waals surface area contributed by atoms with E-state index in [-0.39, 0.29) is 10.7 Å². The molecule has 0 saturated heterocycles. The second kappa shape index (κ2) is 5.27. The summed E-state index contributed by atoms with van der Waals surface area (Å²) in [7, 11) is 0. The Kier molecular flexibility index (Phi) is 3.42. The quantitative estimate of drug-likeness (QED) is 0.817. The maximum atomic E-state index is 13.9. The van der Waals surface area contributed by atoms with Gasteiger partial charge in [0.25, 0.3) is 5.66 Å². The molecule has 24 heavy (non-hydrogen) atoms. The highest BCUT2D eigenvalue weighted by atomic mass is 32.2. The number of nitrogens with zero attached hydrogens (tertiary/aromatic N) is 2. The van der Waals surface area contributed by atoms with E-state index < -0.39 is 17.9 Å². The summed E-state index contributed by atoms with van der Waals surface area (Å²) in [6.45, 7) is 0. The summed E-state index contributed by atoms with van der Waals surface area (Å²) in [5.41, 5.74) is -2.03. The van der Waals surface area contributed by atoms with E-state index >= 15 is 0 Å². The number of alkyl halides is 3. The first-order chi connectivity index (χ1) is 11.4. The summed E-state index contributed by atoms with van der Waals surface area (Å²) in [5, 5.41) is 2.24. The molecule has 2 heterocycles. The molecule has 8 heteroatoms. The van der Waals surface area contributed by atoms with Crippen LogP contribution in [0.2, 0.25) is 0 Å². The molecule has 0 fully saturated rings. The molecule has 1 aromatic carbocycles. The predicted molar refractivity (Wildman–Crippen MR) is 85.1 cm³/mol. The van der Waals surface area contributed by atoms with E-state index in [1.165, 1.54) is 40.9 Å². The number of hydrogen-bond donors (Lipinski definition) is 1. The Morgan fingerprint density at radius 2 is 1.88 bits per heavy atom. The summed E-state index contributed by atoms with van der Waals surface area (Å²) in [6.07, 6.45) is -1.35. The monoisotopic (exact) mass is 353 g/mol. The minimum Gasteiger partial charge on any atom is -0.301 e. The van der Waals surface area contributed by atoms with Gasteiger partial charge in [-0.15, -0.1) is 0 Å². The largest absolute Gasteiger partial charge is 0.436 e. The van der Waals surface area contributed by atoms with E-state index in [0.717, 1.165) is 29.9 Å². The zero-order valence-corrected chi connectivity index (χ0v) is 13.4. The lowest BCUT2D eigenvalue weighted by molar-refractivity contribution is -0.196. The van der Waals surface area contributed by atoms with Gasteiger partial charge in [-0.05, 0) is 25.7 Å². The standard InChI is InChI=1S/C16H14F3N3OS/c17-16(18,19)15(10-6-2-1-3-7-10)20-13(23)22-11-8-4-5-9-12(11)24-14(22)21-15/h1-3,6-7H,4-5,8-9H2,(H,20,23). The summed E-state index contributed by atoms with van der Waals surface area (Å²) < 4.78 is 41.8. The van der Waals surface area contributed by atoms with Crippen LogP contribution in [-0.2, 0) is 5.66 Å². The van der Waals surface area contributed by atoms with Gasteiger partial charge in [-0.1, -0.05) is 42.1 Å². The first kappa shape index (κ1) is 15.6. The summed E-state index contributed by atoms with van der Waals surface area (Å²) in [4.78, 5) is 18.8. The van der Waals surface area contributed by atoms with Crippen molar-refractivity contribution in [2.45, 2.75) is 37.5 Å². The summed E-state index contributed by atoms with van der Waals surface area (Å²) >= 11 is 1.19. The number of benzene rings is 1. The van der Waals surface area contributed by atoms with Crippen molar-refractivity contribution >= 4 is 23.0 Å². The van der Waals surface area contributed by atoms with Gasteiger partial charge in [0.15, 0.2) is 5.17 Å². The summed E-state index contributed by atoms with van der Waals surface area (Å²) in [6, 6.07) is 6.54. The molecule has 4 rings (SSSR count). The van der Waals surface area contributed by atoms with Crippen LogP contribution in [0.3, 0.4) is 0 Å².